The summed E-state index contributed by atoms with van der Waals surface area (Å²) in [6, 6.07) is 5.76. The minimum Gasteiger partial charge on any atom is -0.444 e. The van der Waals surface area contributed by atoms with E-state index in [1.165, 1.54) is 0 Å². The summed E-state index contributed by atoms with van der Waals surface area (Å²) >= 11 is 0. The van der Waals surface area contributed by atoms with E-state index in [0.29, 0.717) is 5.92 Å². The van der Waals surface area contributed by atoms with Crippen LogP contribution < -0.4 is 5.32 Å². The predicted octanol–water partition coefficient (Wildman–Crippen LogP) is 5.45. The van der Waals surface area contributed by atoms with Crippen molar-refractivity contribution >= 4 is 17.1 Å². The molecule has 1 aromatic carbocycles. The highest BCUT2D eigenvalue weighted by Gasteiger charge is 2.24. The van der Waals surface area contributed by atoms with Crippen LogP contribution in [0.1, 0.15) is 64.4 Å². The second kappa shape index (κ2) is 7.89. The van der Waals surface area contributed by atoms with E-state index >= 15 is 0 Å². The van der Waals surface area contributed by atoms with E-state index in [1.54, 1.807) is 0 Å². The Bertz CT molecular complexity index is 991. The summed E-state index contributed by atoms with van der Waals surface area (Å²) < 4.78 is 10.7. The van der Waals surface area contributed by atoms with Gasteiger partial charge in [0.1, 0.15) is 17.2 Å². The summed E-state index contributed by atoms with van der Waals surface area (Å²) in [7, 11) is 0. The highest BCUT2D eigenvalue weighted by Crippen LogP contribution is 2.30. The van der Waals surface area contributed by atoms with Crippen molar-refractivity contribution in [1.29, 1.82) is 0 Å². The van der Waals surface area contributed by atoms with Gasteiger partial charge >= 0.3 is 6.09 Å². The molecule has 0 radical (unpaired) electrons. The molecule has 0 bridgehead atoms. The maximum Gasteiger partial charge on any atom is 0.408 e. The molecular formula is C22H30N4O3. The van der Waals surface area contributed by atoms with Crippen LogP contribution in [0.4, 0.5) is 4.79 Å². The molecule has 0 aliphatic heterocycles. The Morgan fingerprint density at radius 2 is 2.00 bits per heavy atom. The fourth-order valence-electron chi connectivity index (χ4n) is 3.41. The molecule has 0 saturated heterocycles. The van der Waals surface area contributed by atoms with Crippen molar-refractivity contribution in [1.82, 2.24) is 20.4 Å². The summed E-state index contributed by atoms with van der Waals surface area (Å²) in [6.07, 6.45) is 0.301. The third-order valence-corrected chi connectivity index (χ3v) is 4.55. The highest BCUT2D eigenvalue weighted by atomic mass is 16.6. The molecule has 0 spiro atoms. The van der Waals surface area contributed by atoms with Gasteiger partial charge in [0.2, 0.25) is 0 Å². The number of alkyl carbamates (subject to hydrolysis) is 1. The van der Waals surface area contributed by atoms with Crippen LogP contribution in [0, 0.1) is 19.8 Å². The summed E-state index contributed by atoms with van der Waals surface area (Å²) in [5, 5.41) is 7.00. The van der Waals surface area contributed by atoms with E-state index in [0.717, 1.165) is 45.9 Å². The molecule has 29 heavy (non-hydrogen) atoms. The van der Waals surface area contributed by atoms with Crippen LogP contribution in [0.5, 0.6) is 0 Å². The molecule has 0 aliphatic rings. The number of benzene rings is 1. The van der Waals surface area contributed by atoms with Crippen LogP contribution in [0.15, 0.2) is 22.7 Å². The molecule has 1 atom stereocenters. The van der Waals surface area contributed by atoms with E-state index in [-0.39, 0.29) is 6.04 Å². The maximum absolute atomic E-state index is 12.3. The minimum absolute atomic E-state index is 0.264. The fourth-order valence-corrected chi connectivity index (χ4v) is 3.41. The Hall–Kier alpha value is -2.83. The van der Waals surface area contributed by atoms with Crippen molar-refractivity contribution in [2.45, 2.75) is 66.5 Å². The van der Waals surface area contributed by atoms with Gasteiger partial charge in [0, 0.05) is 5.56 Å². The Morgan fingerprint density at radius 1 is 1.28 bits per heavy atom. The molecule has 0 fully saturated rings. The molecule has 3 aromatic rings. The van der Waals surface area contributed by atoms with Crippen LogP contribution in [0.25, 0.3) is 22.2 Å². The number of rotatable bonds is 5. The number of aromatic nitrogens is 3. The first-order chi connectivity index (χ1) is 13.5. The Morgan fingerprint density at radius 3 is 2.59 bits per heavy atom. The van der Waals surface area contributed by atoms with Crippen molar-refractivity contribution in [3.05, 3.63) is 35.5 Å². The summed E-state index contributed by atoms with van der Waals surface area (Å²) in [4.78, 5) is 20.4. The molecule has 0 saturated carbocycles. The lowest BCUT2D eigenvalue weighted by Gasteiger charge is -2.23. The van der Waals surface area contributed by atoms with Gasteiger partial charge in [-0.3, -0.25) is 0 Å². The normalized spacial score (nSPS) is 13.1. The second-order valence-corrected chi connectivity index (χ2v) is 8.88. The molecule has 156 valence electrons. The van der Waals surface area contributed by atoms with Crippen LogP contribution in [-0.4, -0.2) is 26.8 Å². The van der Waals surface area contributed by atoms with E-state index in [1.807, 2.05) is 52.8 Å². The first-order valence-corrected chi connectivity index (χ1v) is 9.96. The monoisotopic (exact) mass is 398 g/mol. The second-order valence-electron chi connectivity index (χ2n) is 8.88. The minimum atomic E-state index is -0.552. The zero-order chi connectivity index (χ0) is 21.3. The molecule has 2 aromatic heterocycles. The lowest BCUT2D eigenvalue weighted by atomic mass is 10.0. The number of imidazole rings is 1. The lowest BCUT2D eigenvalue weighted by Crippen LogP contribution is -2.35. The molecule has 2 N–H and O–H groups in total. The summed E-state index contributed by atoms with van der Waals surface area (Å²) in [5.74, 6) is 1.88. The number of carbonyl (C=O) groups is 1. The average Bonchev–Trinajstić information content (AvgIpc) is 3.14. The molecule has 7 nitrogen and oxygen atoms in total. The third-order valence-electron chi connectivity index (χ3n) is 4.55. The number of hydrogen-bond acceptors (Lipinski definition) is 5. The van der Waals surface area contributed by atoms with E-state index in [9.17, 15) is 4.79 Å². The van der Waals surface area contributed by atoms with Crippen LogP contribution >= 0.6 is 0 Å². The number of aryl methyl sites for hydroxylation is 2. The summed E-state index contributed by atoms with van der Waals surface area (Å²) in [6.45, 7) is 13.6. The molecule has 2 heterocycles. The topological polar surface area (TPSA) is 93.0 Å². The van der Waals surface area contributed by atoms with Gasteiger partial charge in [0.25, 0.3) is 0 Å². The van der Waals surface area contributed by atoms with Crippen LogP contribution in [0.2, 0.25) is 0 Å². The zero-order valence-electron chi connectivity index (χ0n) is 18.2. The van der Waals surface area contributed by atoms with Crippen molar-refractivity contribution in [3.8, 4) is 11.1 Å². The molecule has 0 aliphatic carbocycles. The Balaban J connectivity index is 1.92. The number of fused-ring (bicyclic) bond motifs is 1. The molecular weight excluding hydrogens is 368 g/mol. The van der Waals surface area contributed by atoms with Gasteiger partial charge in [0.15, 0.2) is 0 Å². The smallest absolute Gasteiger partial charge is 0.408 e. The molecule has 0 unspecified atom stereocenters. The van der Waals surface area contributed by atoms with Crippen molar-refractivity contribution in [2.75, 3.05) is 0 Å². The van der Waals surface area contributed by atoms with Gasteiger partial charge in [-0.2, -0.15) is 0 Å². The first-order valence-electron chi connectivity index (χ1n) is 9.96. The van der Waals surface area contributed by atoms with E-state index < -0.39 is 11.7 Å². The third kappa shape index (κ3) is 4.96. The molecule has 1 amide bonds. The van der Waals surface area contributed by atoms with Gasteiger partial charge < -0.3 is 19.6 Å². The number of nitrogens with one attached hydrogen (secondary N) is 2. The van der Waals surface area contributed by atoms with Gasteiger partial charge in [-0.25, -0.2) is 9.78 Å². The highest BCUT2D eigenvalue weighted by molar-refractivity contribution is 5.83. The zero-order valence-corrected chi connectivity index (χ0v) is 18.2. The Kier molecular flexibility index (Phi) is 5.68. The number of nitrogens with zero attached hydrogens (tertiary/aromatic N) is 2. The number of amides is 1. The van der Waals surface area contributed by atoms with Crippen molar-refractivity contribution in [2.24, 2.45) is 5.92 Å². The number of hydrogen-bond donors (Lipinski definition) is 2. The maximum atomic E-state index is 12.3. The first kappa shape index (κ1) is 20.9. The standard InChI is InChI=1S/C22H30N4O3/c1-12(2)10-18(25-21(27)28-22(5,6)7)20-23-16-9-8-15(11-17(16)24-20)19-13(3)26-29-14(19)4/h8-9,11-12,18H,10H2,1-7H3,(H,23,24)(H,25,27)/t18-/m1/s1. The van der Waals surface area contributed by atoms with E-state index in [4.69, 9.17) is 14.2 Å². The molecule has 7 heteroatoms. The Labute approximate surface area is 171 Å². The van der Waals surface area contributed by atoms with Crippen LogP contribution in [0.3, 0.4) is 0 Å². The van der Waals surface area contributed by atoms with Gasteiger partial charge in [-0.1, -0.05) is 25.1 Å². The van der Waals surface area contributed by atoms with Crippen LogP contribution in [-0.2, 0) is 4.74 Å². The lowest BCUT2D eigenvalue weighted by molar-refractivity contribution is 0.0495. The van der Waals surface area contributed by atoms with Crippen molar-refractivity contribution < 1.29 is 14.1 Å². The van der Waals surface area contributed by atoms with Gasteiger partial charge in [0.05, 0.1) is 22.8 Å². The fraction of sp³-hybridized carbons (Fsp3) is 0.500. The largest absolute Gasteiger partial charge is 0.444 e. The van der Waals surface area contributed by atoms with Crippen molar-refractivity contribution in [3.63, 3.8) is 0 Å². The summed E-state index contributed by atoms with van der Waals surface area (Å²) in [5.41, 5.74) is 4.06. The van der Waals surface area contributed by atoms with Gasteiger partial charge in [-0.15, -0.1) is 0 Å². The number of aromatic amines is 1. The number of ether oxygens (including phenoxy) is 1. The SMILES string of the molecule is Cc1noc(C)c1-c1ccc2nc([C@@H](CC(C)C)NC(=O)OC(C)(C)C)[nH]c2c1. The molecule has 3 rings (SSSR count). The van der Waals surface area contributed by atoms with E-state index in [2.05, 4.69) is 29.3 Å². The average molecular weight is 399 g/mol. The number of H-pyrrole nitrogens is 1. The predicted molar refractivity (Wildman–Crippen MR) is 113 cm³/mol. The van der Waals surface area contributed by atoms with Gasteiger partial charge in [-0.05, 0) is 64.7 Å². The quantitative estimate of drug-likeness (QED) is 0.596. The number of carbonyl (C=O) groups excluding carboxylic acids is 1.